The molecule has 1 unspecified atom stereocenters. The van der Waals surface area contributed by atoms with Gasteiger partial charge in [0, 0.05) is 10.2 Å². The van der Waals surface area contributed by atoms with Crippen LogP contribution in [0.1, 0.15) is 25.8 Å². The van der Waals surface area contributed by atoms with E-state index in [4.69, 9.17) is 5.73 Å². The van der Waals surface area contributed by atoms with Gasteiger partial charge in [-0.2, -0.15) is 13.2 Å². The Labute approximate surface area is 117 Å². The second kappa shape index (κ2) is 5.50. The van der Waals surface area contributed by atoms with E-state index in [0.717, 1.165) is 6.07 Å². The van der Waals surface area contributed by atoms with Gasteiger partial charge in [0.25, 0.3) is 0 Å². The summed E-state index contributed by atoms with van der Waals surface area (Å²) in [6.07, 6.45) is -4.11. The molecule has 7 heteroatoms. The smallest absolute Gasteiger partial charge is 0.324 e. The number of nitrogens with two attached hydrogens (primary N) is 1. The van der Waals surface area contributed by atoms with Crippen molar-refractivity contribution in [3.8, 4) is 0 Å². The van der Waals surface area contributed by atoms with Gasteiger partial charge in [-0.1, -0.05) is 22.9 Å². The largest absolute Gasteiger partial charge is 0.417 e. The highest BCUT2D eigenvalue weighted by atomic mass is 79.9. The van der Waals surface area contributed by atoms with Crippen LogP contribution < -0.4 is 11.1 Å². The summed E-state index contributed by atoms with van der Waals surface area (Å²) in [5, 5.41) is 2.39. The van der Waals surface area contributed by atoms with Crippen LogP contribution in [0.5, 0.6) is 0 Å². The molecule has 19 heavy (non-hydrogen) atoms. The van der Waals surface area contributed by atoms with Crippen LogP contribution in [0.25, 0.3) is 0 Å². The predicted molar refractivity (Wildman–Crippen MR) is 70.7 cm³/mol. The molecule has 0 bridgehead atoms. The van der Waals surface area contributed by atoms with E-state index in [0.29, 0.717) is 6.42 Å². The fraction of sp³-hybridized carbons (Fsp3) is 0.417. The molecule has 106 valence electrons. The SMILES string of the molecule is CCC(C)(N)C(=O)Nc1ccc(Br)c(C(F)(F)F)c1. The zero-order chi connectivity index (χ0) is 14.8. The van der Waals surface area contributed by atoms with Crippen molar-refractivity contribution in [2.24, 2.45) is 5.73 Å². The van der Waals surface area contributed by atoms with Crippen molar-refractivity contribution in [3.05, 3.63) is 28.2 Å². The van der Waals surface area contributed by atoms with Gasteiger partial charge in [0.05, 0.1) is 11.1 Å². The summed E-state index contributed by atoms with van der Waals surface area (Å²) in [7, 11) is 0. The van der Waals surface area contributed by atoms with E-state index in [1.54, 1.807) is 6.92 Å². The Morgan fingerprint density at radius 1 is 1.42 bits per heavy atom. The third-order valence-corrected chi connectivity index (χ3v) is 3.47. The van der Waals surface area contributed by atoms with Gasteiger partial charge in [-0.05, 0) is 31.5 Å². The first kappa shape index (κ1) is 16.0. The van der Waals surface area contributed by atoms with E-state index in [9.17, 15) is 18.0 Å². The van der Waals surface area contributed by atoms with Crippen LogP contribution in [0.15, 0.2) is 22.7 Å². The predicted octanol–water partition coefficient (Wildman–Crippen LogP) is 3.53. The summed E-state index contributed by atoms with van der Waals surface area (Å²) in [5.41, 5.74) is 3.81. The number of rotatable bonds is 3. The molecule has 0 fully saturated rings. The Balaban J connectivity index is 3.02. The number of halogens is 4. The molecule has 1 rings (SSSR count). The summed E-state index contributed by atoms with van der Waals surface area (Å²) in [5.74, 6) is -0.523. The Bertz CT molecular complexity index is 486. The quantitative estimate of drug-likeness (QED) is 0.885. The molecule has 1 aromatic carbocycles. The van der Waals surface area contributed by atoms with E-state index in [2.05, 4.69) is 21.2 Å². The van der Waals surface area contributed by atoms with Crippen LogP contribution in [-0.2, 0) is 11.0 Å². The molecule has 0 spiro atoms. The minimum Gasteiger partial charge on any atom is -0.324 e. The highest BCUT2D eigenvalue weighted by Crippen LogP contribution is 2.36. The molecule has 1 aromatic rings. The second-order valence-corrected chi connectivity index (χ2v) is 5.27. The van der Waals surface area contributed by atoms with Gasteiger partial charge >= 0.3 is 6.18 Å². The monoisotopic (exact) mass is 338 g/mol. The van der Waals surface area contributed by atoms with Gasteiger partial charge in [-0.25, -0.2) is 0 Å². The Morgan fingerprint density at radius 3 is 2.47 bits per heavy atom. The zero-order valence-corrected chi connectivity index (χ0v) is 12.0. The van der Waals surface area contributed by atoms with E-state index >= 15 is 0 Å². The van der Waals surface area contributed by atoms with Crippen molar-refractivity contribution in [3.63, 3.8) is 0 Å². The number of alkyl halides is 3. The first-order chi connectivity index (χ1) is 8.58. The second-order valence-electron chi connectivity index (χ2n) is 4.42. The van der Waals surface area contributed by atoms with Crippen molar-refractivity contribution in [1.29, 1.82) is 0 Å². The number of nitrogens with one attached hydrogen (secondary N) is 1. The van der Waals surface area contributed by atoms with Crippen molar-refractivity contribution in [1.82, 2.24) is 0 Å². The number of hydrogen-bond donors (Lipinski definition) is 2. The van der Waals surface area contributed by atoms with Crippen LogP contribution in [0, 0.1) is 0 Å². The molecular weight excluding hydrogens is 325 g/mol. The van der Waals surface area contributed by atoms with Crippen molar-refractivity contribution >= 4 is 27.5 Å². The molecular formula is C12H14BrF3N2O. The lowest BCUT2D eigenvalue weighted by Crippen LogP contribution is -2.47. The number of hydrogen-bond acceptors (Lipinski definition) is 2. The first-order valence-electron chi connectivity index (χ1n) is 5.55. The van der Waals surface area contributed by atoms with E-state index < -0.39 is 23.2 Å². The molecule has 3 nitrogen and oxygen atoms in total. The molecule has 0 aliphatic rings. The molecule has 0 radical (unpaired) electrons. The number of amides is 1. The minimum absolute atomic E-state index is 0.0608. The van der Waals surface area contributed by atoms with Crippen LogP contribution in [0.4, 0.5) is 18.9 Å². The minimum atomic E-state index is -4.49. The molecule has 0 heterocycles. The van der Waals surface area contributed by atoms with Crippen molar-refractivity contribution < 1.29 is 18.0 Å². The molecule has 0 aliphatic heterocycles. The number of anilines is 1. The molecule has 0 aliphatic carbocycles. The summed E-state index contributed by atoms with van der Waals surface area (Å²) in [6, 6.07) is 3.48. The average molecular weight is 339 g/mol. The van der Waals surface area contributed by atoms with E-state index in [-0.39, 0.29) is 10.2 Å². The Kier molecular flexibility index (Phi) is 4.63. The summed E-state index contributed by atoms with van der Waals surface area (Å²) < 4.78 is 38.0. The molecule has 1 atom stereocenters. The lowest BCUT2D eigenvalue weighted by atomic mass is 9.99. The van der Waals surface area contributed by atoms with Crippen LogP contribution in [-0.4, -0.2) is 11.4 Å². The molecule has 0 aromatic heterocycles. The number of carbonyl (C=O) groups is 1. The fourth-order valence-electron chi connectivity index (χ4n) is 1.25. The van der Waals surface area contributed by atoms with E-state index in [1.165, 1.54) is 19.1 Å². The topological polar surface area (TPSA) is 55.1 Å². The van der Waals surface area contributed by atoms with Gasteiger partial charge in [0.2, 0.25) is 5.91 Å². The lowest BCUT2D eigenvalue weighted by molar-refractivity contribution is -0.138. The van der Waals surface area contributed by atoms with Gasteiger partial charge < -0.3 is 11.1 Å². The third-order valence-electron chi connectivity index (χ3n) is 2.78. The number of carbonyl (C=O) groups excluding carboxylic acids is 1. The first-order valence-corrected chi connectivity index (χ1v) is 6.34. The maximum atomic E-state index is 12.7. The van der Waals surface area contributed by atoms with Gasteiger partial charge in [0.1, 0.15) is 0 Å². The normalized spacial score (nSPS) is 14.9. The average Bonchev–Trinajstić information content (AvgIpc) is 2.30. The Hall–Kier alpha value is -1.08. The summed E-state index contributed by atoms with van der Waals surface area (Å²) in [6.45, 7) is 3.24. The fourth-order valence-corrected chi connectivity index (χ4v) is 1.73. The maximum Gasteiger partial charge on any atom is 0.417 e. The van der Waals surface area contributed by atoms with Gasteiger partial charge in [0.15, 0.2) is 0 Å². The zero-order valence-electron chi connectivity index (χ0n) is 10.4. The van der Waals surface area contributed by atoms with Crippen LogP contribution in [0.3, 0.4) is 0 Å². The highest BCUT2D eigenvalue weighted by molar-refractivity contribution is 9.10. The van der Waals surface area contributed by atoms with Crippen LogP contribution >= 0.6 is 15.9 Å². The van der Waals surface area contributed by atoms with Crippen LogP contribution in [0.2, 0.25) is 0 Å². The molecule has 1 amide bonds. The number of benzene rings is 1. The van der Waals surface area contributed by atoms with Gasteiger partial charge in [-0.15, -0.1) is 0 Å². The van der Waals surface area contributed by atoms with Gasteiger partial charge in [-0.3, -0.25) is 4.79 Å². The van der Waals surface area contributed by atoms with E-state index in [1.807, 2.05) is 0 Å². The van der Waals surface area contributed by atoms with Crippen molar-refractivity contribution in [2.45, 2.75) is 32.0 Å². The summed E-state index contributed by atoms with van der Waals surface area (Å²) >= 11 is 2.83. The van der Waals surface area contributed by atoms with Crippen molar-refractivity contribution in [2.75, 3.05) is 5.32 Å². The summed E-state index contributed by atoms with van der Waals surface area (Å²) in [4.78, 5) is 11.8. The molecule has 3 N–H and O–H groups in total. The Morgan fingerprint density at radius 2 is 2.00 bits per heavy atom. The highest BCUT2D eigenvalue weighted by Gasteiger charge is 2.33. The molecule has 0 saturated carbocycles. The standard InChI is InChI=1S/C12H14BrF3N2O/c1-3-11(2,17)10(19)18-7-4-5-9(13)8(6-7)12(14,15)16/h4-6H,3,17H2,1-2H3,(H,18,19). The third kappa shape index (κ3) is 3.94. The lowest BCUT2D eigenvalue weighted by Gasteiger charge is -2.22. The molecule has 0 saturated heterocycles. The maximum absolute atomic E-state index is 12.7.